The fraction of sp³-hybridized carbons (Fsp3) is 0.172. The monoisotopic (exact) mass is 832 g/mol. The third kappa shape index (κ3) is 7.29. The smallest absolute Gasteiger partial charge is 0.169 e. The number of nitrogens with one attached hydrogen (secondary N) is 3. The number of benzene rings is 5. The minimum Gasteiger partial charge on any atom is -0.375 e. The molecule has 4 heterocycles. The van der Waals surface area contributed by atoms with E-state index < -0.39 is 6.17 Å². The molecular formula is C58H52N6. The summed E-state index contributed by atoms with van der Waals surface area (Å²) in [5, 5.41) is 10.5. The van der Waals surface area contributed by atoms with Crippen LogP contribution < -0.4 is 21.1 Å². The molecule has 3 N–H and O–H groups in total. The van der Waals surface area contributed by atoms with E-state index in [9.17, 15) is 0 Å². The van der Waals surface area contributed by atoms with Crippen LogP contribution in [0, 0.1) is 11.8 Å². The molecule has 0 saturated carbocycles. The highest BCUT2D eigenvalue weighted by Gasteiger charge is 2.40. The van der Waals surface area contributed by atoms with E-state index in [0.717, 1.165) is 46.9 Å². The van der Waals surface area contributed by atoms with Crippen LogP contribution in [0.4, 0.5) is 0 Å². The topological polar surface area (TPSA) is 67.8 Å². The van der Waals surface area contributed by atoms with Crippen molar-refractivity contribution in [1.82, 2.24) is 20.5 Å². The van der Waals surface area contributed by atoms with Gasteiger partial charge in [0.1, 0.15) is 11.7 Å². The van der Waals surface area contributed by atoms with Crippen molar-refractivity contribution in [2.75, 3.05) is 7.05 Å². The normalized spacial score (nSPS) is 23.5. The van der Waals surface area contributed by atoms with Gasteiger partial charge in [-0.25, -0.2) is 9.98 Å². The van der Waals surface area contributed by atoms with Gasteiger partial charge in [0, 0.05) is 41.3 Å². The van der Waals surface area contributed by atoms with Crippen molar-refractivity contribution in [3.05, 3.63) is 233 Å². The quantitative estimate of drug-likeness (QED) is 0.143. The number of hydrogen-bond donors (Lipinski definition) is 3. The number of aliphatic imine (C=N–C) groups is 2. The van der Waals surface area contributed by atoms with Crippen molar-refractivity contribution in [2.24, 2.45) is 21.8 Å². The molecule has 0 radical (unpaired) electrons. The predicted octanol–water partition coefficient (Wildman–Crippen LogP) is 10.8. The van der Waals surface area contributed by atoms with Gasteiger partial charge in [-0.2, -0.15) is 0 Å². The van der Waals surface area contributed by atoms with Gasteiger partial charge in [0.2, 0.25) is 0 Å². The Kier molecular flexibility index (Phi) is 10.1. The maximum atomic E-state index is 5.51. The summed E-state index contributed by atoms with van der Waals surface area (Å²) in [5.41, 5.74) is 13.9. The highest BCUT2D eigenvalue weighted by atomic mass is 15.2. The molecule has 3 aliphatic heterocycles. The van der Waals surface area contributed by atoms with Crippen LogP contribution in [-0.4, -0.2) is 34.1 Å². The number of H-pyrrole nitrogens is 1. The molecule has 0 amide bonds. The molecule has 1 aromatic heterocycles. The van der Waals surface area contributed by atoms with E-state index in [4.69, 9.17) is 9.98 Å². The molecule has 64 heavy (non-hydrogen) atoms. The van der Waals surface area contributed by atoms with Gasteiger partial charge < -0.3 is 20.5 Å². The molecule has 5 aromatic carbocycles. The summed E-state index contributed by atoms with van der Waals surface area (Å²) in [5.74, 6) is 2.08. The van der Waals surface area contributed by atoms with Crippen molar-refractivity contribution in [1.29, 1.82) is 0 Å². The third-order valence-corrected chi connectivity index (χ3v) is 13.9. The third-order valence-electron chi connectivity index (χ3n) is 13.9. The van der Waals surface area contributed by atoms with Crippen molar-refractivity contribution < 1.29 is 0 Å². The van der Waals surface area contributed by atoms with Crippen LogP contribution in [0.15, 0.2) is 210 Å². The van der Waals surface area contributed by atoms with E-state index in [2.05, 4.69) is 224 Å². The number of rotatable bonds is 8. The first-order chi connectivity index (χ1) is 31.4. The fourth-order valence-electron chi connectivity index (χ4n) is 10.0. The van der Waals surface area contributed by atoms with Crippen molar-refractivity contribution >= 4 is 28.5 Å². The van der Waals surface area contributed by atoms with E-state index in [1.54, 1.807) is 0 Å². The van der Waals surface area contributed by atoms with Crippen LogP contribution in [0.3, 0.4) is 0 Å². The van der Waals surface area contributed by atoms with Crippen LogP contribution in [-0.2, 0) is 0 Å². The van der Waals surface area contributed by atoms with E-state index in [-0.39, 0.29) is 17.5 Å². The molecule has 6 aromatic rings. The second kappa shape index (κ2) is 16.4. The average Bonchev–Trinajstić information content (AvgIpc) is 3.90. The first-order valence-corrected chi connectivity index (χ1v) is 22.6. The van der Waals surface area contributed by atoms with Gasteiger partial charge in [-0.1, -0.05) is 165 Å². The number of likely N-dealkylation sites (N-methyl/N-ethyl adjacent to an activating group) is 1. The Morgan fingerprint density at radius 2 is 1.39 bits per heavy atom. The van der Waals surface area contributed by atoms with Crippen molar-refractivity contribution in [2.45, 2.75) is 44.4 Å². The maximum Gasteiger partial charge on any atom is 0.169 e. The molecule has 0 bridgehead atoms. The first kappa shape index (κ1) is 39.4. The Bertz CT molecular complexity index is 3070. The Morgan fingerprint density at radius 1 is 0.688 bits per heavy atom. The van der Waals surface area contributed by atoms with Gasteiger partial charge in [0.25, 0.3) is 0 Å². The number of amidine groups is 2. The zero-order valence-electron chi connectivity index (χ0n) is 36.5. The van der Waals surface area contributed by atoms with E-state index in [1.807, 2.05) is 12.3 Å². The molecule has 5 atom stereocenters. The Hall–Kier alpha value is -7.44. The molecule has 11 rings (SSSR count). The van der Waals surface area contributed by atoms with Gasteiger partial charge in [-0.05, 0) is 111 Å². The largest absolute Gasteiger partial charge is 0.375 e. The summed E-state index contributed by atoms with van der Waals surface area (Å²) in [7, 11) is 2.12. The molecular weight excluding hydrogens is 781 g/mol. The van der Waals surface area contributed by atoms with Gasteiger partial charge in [0.05, 0.1) is 11.6 Å². The van der Waals surface area contributed by atoms with E-state index in [1.165, 1.54) is 55.1 Å². The lowest BCUT2D eigenvalue weighted by atomic mass is 9.71. The number of aromatic amines is 1. The van der Waals surface area contributed by atoms with E-state index in [0.29, 0.717) is 5.92 Å². The number of hydrogen-bond acceptors (Lipinski definition) is 5. The second-order valence-electron chi connectivity index (χ2n) is 17.9. The highest BCUT2D eigenvalue weighted by molar-refractivity contribution is 6.12. The van der Waals surface area contributed by atoms with Gasteiger partial charge in [-0.3, -0.25) is 0 Å². The molecule has 0 spiro atoms. The van der Waals surface area contributed by atoms with Crippen LogP contribution in [0.25, 0.3) is 39.2 Å². The van der Waals surface area contributed by atoms with Gasteiger partial charge in [-0.15, -0.1) is 0 Å². The lowest BCUT2D eigenvalue weighted by Gasteiger charge is -2.44. The number of allylic oxidation sites excluding steroid dienone is 4. The number of aromatic nitrogens is 1. The molecule has 2 aliphatic carbocycles. The minimum atomic E-state index is -0.426. The molecule has 0 fully saturated rings. The Morgan fingerprint density at radius 3 is 2.16 bits per heavy atom. The fourth-order valence-corrected chi connectivity index (χ4v) is 10.0. The molecule has 0 saturated heterocycles. The molecule has 3 unspecified atom stereocenters. The summed E-state index contributed by atoms with van der Waals surface area (Å²) >= 11 is 0. The lowest BCUT2D eigenvalue weighted by Crippen LogP contribution is -2.57. The zero-order chi connectivity index (χ0) is 43.2. The summed E-state index contributed by atoms with van der Waals surface area (Å²) in [6.45, 7) is 4.75. The molecule has 314 valence electrons. The summed E-state index contributed by atoms with van der Waals surface area (Å²) < 4.78 is 0. The molecule has 5 aliphatic rings. The second-order valence-corrected chi connectivity index (χ2v) is 17.9. The molecule has 6 heteroatoms. The average molecular weight is 833 g/mol. The number of fused-ring (bicyclic) bond motifs is 2. The van der Waals surface area contributed by atoms with Crippen LogP contribution in [0.1, 0.15) is 61.2 Å². The van der Waals surface area contributed by atoms with Crippen molar-refractivity contribution in [3.8, 4) is 22.4 Å². The summed E-state index contributed by atoms with van der Waals surface area (Å²) in [4.78, 5) is 16.4. The lowest BCUT2D eigenvalue weighted by molar-refractivity contribution is 0.351. The predicted molar refractivity (Wildman–Crippen MR) is 264 cm³/mol. The highest BCUT2D eigenvalue weighted by Crippen LogP contribution is 2.40. The van der Waals surface area contributed by atoms with Gasteiger partial charge >= 0.3 is 0 Å². The van der Waals surface area contributed by atoms with E-state index >= 15 is 0 Å². The zero-order valence-corrected chi connectivity index (χ0v) is 36.5. The summed E-state index contributed by atoms with van der Waals surface area (Å²) in [6, 6.07) is 50.5. The Balaban J connectivity index is 1.03. The Labute approximate surface area is 375 Å². The maximum absolute atomic E-state index is 5.51. The van der Waals surface area contributed by atoms with Crippen molar-refractivity contribution in [3.63, 3.8) is 0 Å². The first-order valence-electron chi connectivity index (χ1n) is 22.6. The van der Waals surface area contributed by atoms with Crippen LogP contribution in [0.2, 0.25) is 0 Å². The van der Waals surface area contributed by atoms with Crippen LogP contribution >= 0.6 is 0 Å². The van der Waals surface area contributed by atoms with Crippen LogP contribution in [0.5, 0.6) is 0 Å². The van der Waals surface area contributed by atoms with Gasteiger partial charge in [0.15, 0.2) is 6.17 Å². The minimum absolute atomic E-state index is 0.0644. The summed E-state index contributed by atoms with van der Waals surface area (Å²) in [6.07, 6.45) is 21.4. The standard InChI is InChI=1S/C58H52N6/c1-38-13-11-18-51-49-16-7-8-17-50(49)54(63-58(38,51)2)47-35-46(41-23-21-40(22-24-41)39-14-5-4-6-15-39)36-48(37-47)57-61-55(44-29-25-42(26-30-44)52-19-12-33-59-52)60-56(62-57)45-31-27-43(28-32-45)53-20-9-10-34-64(53)3/h4-12,14-35,37-38,48,53,55,59,63H,13,36H2,1-3H3,(H,60,61,62)/t38?,48-,53?,55?,58-/m1/s1. The number of nitrogens with zero attached hydrogens (tertiary/aromatic N) is 3. The SMILES string of the molecule is CC1CC=CC2=c3ccccc3=C(C3=C[C@H](C4=NC(c5ccc(-c6ccc[nH]6)cc5)N=C(c5ccc(C6C=CC=CN6C)cc5)N4)CC(c4ccc(-c5ccccc5)cc4)=C3)N[C@@]21C. The molecule has 6 nitrogen and oxygen atoms in total.